The smallest absolute Gasteiger partial charge is 0.148 e. The molecule has 0 spiro atoms. The van der Waals surface area contributed by atoms with E-state index in [0.29, 0.717) is 0 Å². The van der Waals surface area contributed by atoms with Crippen molar-refractivity contribution in [1.29, 1.82) is 0 Å². The van der Waals surface area contributed by atoms with Crippen LogP contribution in [0.3, 0.4) is 0 Å². The summed E-state index contributed by atoms with van der Waals surface area (Å²) in [6, 6.07) is 0.119. The average Bonchev–Trinajstić information content (AvgIpc) is 1.94. The number of ketones is 1. The maximum Gasteiger partial charge on any atom is 0.148 e. The first-order valence-corrected chi connectivity index (χ1v) is 4.07. The third kappa shape index (κ3) is 1.79. The second-order valence-corrected chi connectivity index (χ2v) is 3.22. The Bertz CT molecular complexity index is 158. The van der Waals surface area contributed by atoms with Crippen LogP contribution in [0.1, 0.15) is 19.8 Å². The summed E-state index contributed by atoms with van der Waals surface area (Å²) >= 11 is 0. The zero-order valence-electron chi connectivity index (χ0n) is 7.50. The molecule has 11 heavy (non-hydrogen) atoms. The Morgan fingerprint density at radius 1 is 1.45 bits per heavy atom. The van der Waals surface area contributed by atoms with Crippen LogP contribution in [0.2, 0.25) is 0 Å². The van der Waals surface area contributed by atoms with E-state index in [1.165, 1.54) is 0 Å². The van der Waals surface area contributed by atoms with Gasteiger partial charge in [-0.3, -0.25) is 4.79 Å². The number of carbonyl (C=O) groups excluding carboxylic acids is 1. The van der Waals surface area contributed by atoms with E-state index in [0.717, 1.165) is 19.4 Å². The minimum atomic E-state index is 0.119. The van der Waals surface area contributed by atoms with Crippen molar-refractivity contribution in [3.63, 3.8) is 0 Å². The zero-order chi connectivity index (χ0) is 8.43. The molecule has 0 amide bonds. The van der Waals surface area contributed by atoms with Crippen molar-refractivity contribution in [3.05, 3.63) is 0 Å². The van der Waals surface area contributed by atoms with Crippen molar-refractivity contribution in [2.75, 3.05) is 20.6 Å². The molecular weight excluding hydrogens is 140 g/mol. The highest BCUT2D eigenvalue weighted by Crippen LogP contribution is 2.14. The topological polar surface area (TPSA) is 23.6 Å². The Morgan fingerprint density at radius 2 is 2.09 bits per heavy atom. The predicted molar refractivity (Wildman–Crippen MR) is 44.1 cm³/mol. The van der Waals surface area contributed by atoms with Crippen molar-refractivity contribution < 1.29 is 4.79 Å². The standard InChI is InChI=1S/C8H16N2O/c1-7(11)8-5-4-6-9(2)10(8)3/h8H,4-6H2,1-3H3/t8-/m0/s1. The van der Waals surface area contributed by atoms with Gasteiger partial charge >= 0.3 is 0 Å². The first-order valence-electron chi connectivity index (χ1n) is 4.07. The van der Waals surface area contributed by atoms with E-state index in [2.05, 4.69) is 5.01 Å². The van der Waals surface area contributed by atoms with E-state index in [4.69, 9.17) is 0 Å². The molecule has 3 heteroatoms. The minimum Gasteiger partial charge on any atom is -0.298 e. The molecule has 1 saturated heterocycles. The highest BCUT2D eigenvalue weighted by Gasteiger charge is 2.25. The summed E-state index contributed by atoms with van der Waals surface area (Å²) in [5, 5.41) is 4.14. The van der Waals surface area contributed by atoms with E-state index in [1.807, 2.05) is 19.1 Å². The zero-order valence-corrected chi connectivity index (χ0v) is 7.50. The largest absolute Gasteiger partial charge is 0.298 e. The monoisotopic (exact) mass is 156 g/mol. The third-order valence-corrected chi connectivity index (χ3v) is 2.42. The number of hydrogen-bond acceptors (Lipinski definition) is 3. The van der Waals surface area contributed by atoms with Gasteiger partial charge < -0.3 is 0 Å². The lowest BCUT2D eigenvalue weighted by molar-refractivity contribution is -0.132. The average molecular weight is 156 g/mol. The molecular formula is C8H16N2O. The number of carbonyl (C=O) groups is 1. The highest BCUT2D eigenvalue weighted by molar-refractivity contribution is 5.81. The lowest BCUT2D eigenvalue weighted by Crippen LogP contribution is -2.51. The number of hydrazine groups is 1. The van der Waals surface area contributed by atoms with Crippen LogP contribution in [0.4, 0.5) is 0 Å². The lowest BCUT2D eigenvalue weighted by Gasteiger charge is -2.38. The van der Waals surface area contributed by atoms with E-state index in [9.17, 15) is 4.79 Å². The molecule has 0 aromatic rings. The molecule has 3 nitrogen and oxygen atoms in total. The Morgan fingerprint density at radius 3 is 2.55 bits per heavy atom. The summed E-state index contributed by atoms with van der Waals surface area (Å²) in [5.74, 6) is 0.277. The fourth-order valence-electron chi connectivity index (χ4n) is 1.56. The Kier molecular flexibility index (Phi) is 2.62. The first kappa shape index (κ1) is 8.68. The SMILES string of the molecule is CC(=O)[C@@H]1CCCN(C)N1C. The van der Waals surface area contributed by atoms with Gasteiger partial charge in [0.1, 0.15) is 5.78 Å². The molecule has 0 aliphatic carbocycles. The summed E-state index contributed by atoms with van der Waals surface area (Å²) in [7, 11) is 4.00. The summed E-state index contributed by atoms with van der Waals surface area (Å²) in [6.45, 7) is 2.74. The molecule has 0 bridgehead atoms. The highest BCUT2D eigenvalue weighted by atomic mass is 16.1. The molecule has 1 aliphatic heterocycles. The normalized spacial score (nSPS) is 28.8. The number of Topliss-reactive ketones (excluding diaryl/α,β-unsaturated/α-hetero) is 1. The van der Waals surface area contributed by atoms with Crippen LogP contribution in [0.15, 0.2) is 0 Å². The molecule has 0 radical (unpaired) electrons. The van der Waals surface area contributed by atoms with Crippen LogP contribution < -0.4 is 0 Å². The first-order chi connectivity index (χ1) is 5.13. The minimum absolute atomic E-state index is 0.119. The molecule has 0 aromatic heterocycles. The third-order valence-electron chi connectivity index (χ3n) is 2.42. The van der Waals surface area contributed by atoms with Crippen molar-refractivity contribution in [3.8, 4) is 0 Å². The Labute approximate surface area is 67.9 Å². The number of nitrogens with zero attached hydrogens (tertiary/aromatic N) is 2. The molecule has 0 aromatic carbocycles. The molecule has 1 heterocycles. The molecule has 0 saturated carbocycles. The number of likely N-dealkylation sites (N-methyl/N-ethyl adjacent to an activating group) is 1. The van der Waals surface area contributed by atoms with Crippen LogP contribution in [-0.4, -0.2) is 42.5 Å². The lowest BCUT2D eigenvalue weighted by atomic mass is 10.1. The molecule has 1 fully saturated rings. The van der Waals surface area contributed by atoms with E-state index >= 15 is 0 Å². The van der Waals surface area contributed by atoms with Gasteiger partial charge in [-0.25, -0.2) is 10.0 Å². The second kappa shape index (κ2) is 3.32. The van der Waals surface area contributed by atoms with Crippen LogP contribution in [0.25, 0.3) is 0 Å². The van der Waals surface area contributed by atoms with Crippen LogP contribution in [0.5, 0.6) is 0 Å². The Balaban J connectivity index is 2.58. The molecule has 0 unspecified atom stereocenters. The molecule has 1 atom stereocenters. The molecule has 1 aliphatic rings. The Hall–Kier alpha value is -0.410. The molecule has 64 valence electrons. The van der Waals surface area contributed by atoms with Crippen molar-refractivity contribution in [2.45, 2.75) is 25.8 Å². The summed E-state index contributed by atoms with van der Waals surface area (Å²) < 4.78 is 0. The fourth-order valence-corrected chi connectivity index (χ4v) is 1.56. The molecule has 1 rings (SSSR count). The predicted octanol–water partition coefficient (Wildman–Crippen LogP) is 0.516. The van der Waals surface area contributed by atoms with Gasteiger partial charge in [-0.15, -0.1) is 0 Å². The van der Waals surface area contributed by atoms with Crippen LogP contribution >= 0.6 is 0 Å². The van der Waals surface area contributed by atoms with Crippen LogP contribution in [0, 0.1) is 0 Å². The van der Waals surface area contributed by atoms with Gasteiger partial charge in [-0.1, -0.05) is 0 Å². The van der Waals surface area contributed by atoms with Gasteiger partial charge in [-0.05, 0) is 19.8 Å². The van der Waals surface area contributed by atoms with Gasteiger partial charge in [0.05, 0.1) is 6.04 Å². The summed E-state index contributed by atoms with van der Waals surface area (Å²) in [4.78, 5) is 11.1. The van der Waals surface area contributed by atoms with Gasteiger partial charge in [0.2, 0.25) is 0 Å². The van der Waals surface area contributed by atoms with Crippen molar-refractivity contribution >= 4 is 5.78 Å². The van der Waals surface area contributed by atoms with E-state index in [-0.39, 0.29) is 11.8 Å². The van der Waals surface area contributed by atoms with Gasteiger partial charge in [0.15, 0.2) is 0 Å². The van der Waals surface area contributed by atoms with Crippen LogP contribution in [-0.2, 0) is 4.79 Å². The molecule has 0 N–H and O–H groups in total. The van der Waals surface area contributed by atoms with Crippen molar-refractivity contribution in [1.82, 2.24) is 10.0 Å². The fraction of sp³-hybridized carbons (Fsp3) is 0.875. The van der Waals surface area contributed by atoms with Crippen molar-refractivity contribution in [2.24, 2.45) is 0 Å². The van der Waals surface area contributed by atoms with E-state index < -0.39 is 0 Å². The quantitative estimate of drug-likeness (QED) is 0.553. The van der Waals surface area contributed by atoms with E-state index in [1.54, 1.807) is 6.92 Å². The summed E-state index contributed by atoms with van der Waals surface area (Å²) in [5.41, 5.74) is 0. The summed E-state index contributed by atoms with van der Waals surface area (Å²) in [6.07, 6.45) is 2.14. The van der Waals surface area contributed by atoms with Gasteiger partial charge in [0, 0.05) is 20.6 Å². The maximum atomic E-state index is 11.1. The van der Waals surface area contributed by atoms with Gasteiger partial charge in [-0.2, -0.15) is 0 Å². The van der Waals surface area contributed by atoms with Gasteiger partial charge in [0.25, 0.3) is 0 Å². The number of hydrogen-bond donors (Lipinski definition) is 0. The maximum absolute atomic E-state index is 11.1. The number of rotatable bonds is 1. The second-order valence-electron chi connectivity index (χ2n) is 3.22.